The molecule has 0 spiro atoms. The minimum absolute atomic E-state index is 0. The Balaban J connectivity index is 0.00000144. The molecule has 0 amide bonds. The van der Waals surface area contributed by atoms with Gasteiger partial charge in [0.25, 0.3) is 0 Å². The zero-order valence-electron chi connectivity index (χ0n) is 9.51. The van der Waals surface area contributed by atoms with Gasteiger partial charge in [0.05, 0.1) is 26.5 Å². The van der Waals surface area contributed by atoms with E-state index in [1.165, 1.54) is 12.1 Å². The second kappa shape index (κ2) is 5.54. The summed E-state index contributed by atoms with van der Waals surface area (Å²) in [4.78, 5) is 0. The van der Waals surface area contributed by atoms with E-state index in [0.29, 0.717) is 5.69 Å². The van der Waals surface area contributed by atoms with Crippen molar-refractivity contribution in [3.8, 4) is 0 Å². The molecule has 2 rings (SSSR count). The van der Waals surface area contributed by atoms with E-state index in [-0.39, 0.29) is 18.2 Å². The molecule has 6 heteroatoms. The maximum absolute atomic E-state index is 12.6. The van der Waals surface area contributed by atoms with Crippen molar-refractivity contribution in [2.75, 3.05) is 0 Å². The predicted molar refractivity (Wildman–Crippen MR) is 57.2 cm³/mol. The summed E-state index contributed by atoms with van der Waals surface area (Å²) in [6, 6.07) is 5.89. The number of nitrogens with zero attached hydrogens (tertiary/aromatic N) is 4. The van der Waals surface area contributed by atoms with Crippen LogP contribution >= 0.6 is 0 Å². The highest BCUT2D eigenvalue weighted by Crippen LogP contribution is 2.15. The first kappa shape index (κ1) is 13.3. The predicted octanol–water partition coefficient (Wildman–Crippen LogP) is -0.592. The van der Waals surface area contributed by atoms with Gasteiger partial charge < -0.3 is 12.4 Å². The van der Waals surface area contributed by atoms with Crippen LogP contribution in [0.1, 0.15) is 0 Å². The van der Waals surface area contributed by atoms with E-state index in [4.69, 9.17) is 0 Å². The van der Waals surface area contributed by atoms with Gasteiger partial charge >= 0.3 is 5.95 Å². The summed E-state index contributed by atoms with van der Waals surface area (Å²) in [5.74, 6) is 0.452. The van der Waals surface area contributed by atoms with Crippen LogP contribution in [0.15, 0.2) is 46.9 Å². The average Bonchev–Trinajstić information content (AvgIpc) is 2.59. The topological polar surface area (TPSA) is 33.5 Å². The molecule has 0 radical (unpaired) electrons. The number of imidazole rings is 1. The lowest BCUT2D eigenvalue weighted by molar-refractivity contribution is -0.657. The third-order valence-electron chi connectivity index (χ3n) is 2.23. The zero-order chi connectivity index (χ0) is 11.5. The molecule has 1 heterocycles. The minimum Gasteiger partial charge on any atom is -1.00 e. The smallest absolute Gasteiger partial charge is 0.421 e. The van der Waals surface area contributed by atoms with Gasteiger partial charge in [-0.1, -0.05) is 5.11 Å². The second-order valence-corrected chi connectivity index (χ2v) is 3.50. The molecule has 1 aromatic heterocycles. The van der Waals surface area contributed by atoms with Crippen molar-refractivity contribution in [3.63, 3.8) is 0 Å². The van der Waals surface area contributed by atoms with Crippen LogP contribution in [0.2, 0.25) is 0 Å². The standard InChI is InChI=1S/C11H12FN4.ClH/c1-15-7-8-16(2)11(15)14-13-10-5-3-9(12)4-6-10;/h3-8H,1-2H3;1H/q+1;/p-1. The molecule has 2 aromatic rings. The number of rotatable bonds is 2. The minimum atomic E-state index is -0.275. The normalized spacial score (nSPS) is 10.5. The van der Waals surface area contributed by atoms with Gasteiger partial charge in [0.1, 0.15) is 11.5 Å². The Labute approximate surface area is 105 Å². The quantitative estimate of drug-likeness (QED) is 0.507. The van der Waals surface area contributed by atoms with Gasteiger partial charge in [-0.25, -0.2) is 13.5 Å². The maximum atomic E-state index is 12.6. The SMILES string of the molecule is Cn1cc[n+](C)c1N=Nc1ccc(F)cc1.[Cl-]. The lowest BCUT2D eigenvalue weighted by atomic mass is 10.3. The summed E-state index contributed by atoms with van der Waals surface area (Å²) >= 11 is 0. The van der Waals surface area contributed by atoms with Crippen LogP contribution in [0.4, 0.5) is 16.0 Å². The fourth-order valence-electron chi connectivity index (χ4n) is 1.33. The van der Waals surface area contributed by atoms with E-state index in [1.807, 2.05) is 35.6 Å². The van der Waals surface area contributed by atoms with Crippen LogP contribution in [0, 0.1) is 5.82 Å². The largest absolute Gasteiger partial charge is 1.00 e. The molecule has 0 aliphatic heterocycles. The Bertz CT molecular complexity index is 499. The van der Waals surface area contributed by atoms with Crippen molar-refractivity contribution in [1.82, 2.24) is 4.57 Å². The van der Waals surface area contributed by atoms with Crippen LogP contribution in [-0.4, -0.2) is 4.57 Å². The highest BCUT2D eigenvalue weighted by atomic mass is 35.5. The fourth-order valence-corrected chi connectivity index (χ4v) is 1.33. The van der Waals surface area contributed by atoms with Crippen LogP contribution < -0.4 is 17.0 Å². The number of azo groups is 1. The molecule has 1 aromatic carbocycles. The molecule has 0 aliphatic carbocycles. The molecular weight excluding hydrogens is 243 g/mol. The Morgan fingerprint density at radius 3 is 2.35 bits per heavy atom. The third-order valence-corrected chi connectivity index (χ3v) is 2.23. The van der Waals surface area contributed by atoms with Gasteiger partial charge in [-0.2, -0.15) is 0 Å². The number of aryl methyl sites for hydroxylation is 2. The molecule has 0 saturated heterocycles. The van der Waals surface area contributed by atoms with E-state index in [0.717, 1.165) is 5.95 Å². The van der Waals surface area contributed by atoms with Gasteiger partial charge in [0.15, 0.2) is 0 Å². The van der Waals surface area contributed by atoms with Gasteiger partial charge in [-0.15, -0.1) is 0 Å². The van der Waals surface area contributed by atoms with Crippen molar-refractivity contribution in [3.05, 3.63) is 42.5 Å². The number of hydrogen-bond donors (Lipinski definition) is 0. The molecule has 0 N–H and O–H groups in total. The van der Waals surface area contributed by atoms with Crippen molar-refractivity contribution in [2.45, 2.75) is 0 Å². The lowest BCUT2D eigenvalue weighted by Gasteiger charge is -1.90. The van der Waals surface area contributed by atoms with Crippen molar-refractivity contribution >= 4 is 11.6 Å². The molecular formula is C11H12ClFN4. The highest BCUT2D eigenvalue weighted by Gasteiger charge is 2.09. The number of benzene rings is 1. The molecule has 0 atom stereocenters. The Morgan fingerprint density at radius 2 is 1.82 bits per heavy atom. The first-order valence-electron chi connectivity index (χ1n) is 4.85. The summed E-state index contributed by atoms with van der Waals surface area (Å²) < 4.78 is 16.4. The monoisotopic (exact) mass is 254 g/mol. The van der Waals surface area contributed by atoms with Gasteiger partial charge in [0.2, 0.25) is 0 Å². The summed E-state index contributed by atoms with van der Waals surface area (Å²) in [5, 5.41) is 8.12. The van der Waals surface area contributed by atoms with Crippen molar-refractivity contribution in [1.29, 1.82) is 0 Å². The van der Waals surface area contributed by atoms with E-state index < -0.39 is 0 Å². The Hall–Kier alpha value is -1.75. The first-order chi connectivity index (χ1) is 7.66. The molecule has 0 fully saturated rings. The van der Waals surface area contributed by atoms with E-state index in [9.17, 15) is 4.39 Å². The van der Waals surface area contributed by atoms with Gasteiger partial charge in [0, 0.05) is 5.11 Å². The van der Waals surface area contributed by atoms with E-state index in [1.54, 1.807) is 12.1 Å². The maximum Gasteiger partial charge on any atom is 0.421 e. The molecule has 0 aliphatic rings. The zero-order valence-corrected chi connectivity index (χ0v) is 10.3. The van der Waals surface area contributed by atoms with Crippen LogP contribution in [0.3, 0.4) is 0 Å². The molecule has 0 saturated carbocycles. The Kier molecular flexibility index (Phi) is 4.34. The number of hydrogen-bond acceptors (Lipinski definition) is 2. The second-order valence-electron chi connectivity index (χ2n) is 3.50. The van der Waals surface area contributed by atoms with E-state index in [2.05, 4.69) is 10.2 Å². The molecule has 0 bridgehead atoms. The number of aromatic nitrogens is 2. The fraction of sp³-hybridized carbons (Fsp3) is 0.182. The summed E-state index contributed by atoms with van der Waals surface area (Å²) in [6.07, 6.45) is 3.78. The molecule has 17 heavy (non-hydrogen) atoms. The Morgan fingerprint density at radius 1 is 1.18 bits per heavy atom. The van der Waals surface area contributed by atoms with Crippen LogP contribution in [0.25, 0.3) is 0 Å². The van der Waals surface area contributed by atoms with Gasteiger partial charge in [-0.3, -0.25) is 0 Å². The molecule has 4 nitrogen and oxygen atoms in total. The average molecular weight is 255 g/mol. The summed E-state index contributed by atoms with van der Waals surface area (Å²) in [6.45, 7) is 0. The molecule has 90 valence electrons. The van der Waals surface area contributed by atoms with Gasteiger partial charge in [-0.05, 0) is 24.3 Å². The highest BCUT2D eigenvalue weighted by molar-refractivity contribution is 5.35. The van der Waals surface area contributed by atoms with Crippen LogP contribution in [-0.2, 0) is 14.1 Å². The van der Waals surface area contributed by atoms with Crippen LogP contribution in [0.5, 0.6) is 0 Å². The van der Waals surface area contributed by atoms with Crippen molar-refractivity contribution < 1.29 is 21.4 Å². The lowest BCUT2D eigenvalue weighted by Crippen LogP contribution is -3.00. The third kappa shape index (κ3) is 3.10. The first-order valence-corrected chi connectivity index (χ1v) is 4.85. The van der Waals surface area contributed by atoms with Crippen molar-refractivity contribution in [2.24, 2.45) is 24.3 Å². The molecule has 0 unspecified atom stereocenters. The summed E-state index contributed by atoms with van der Waals surface area (Å²) in [5.41, 5.74) is 0.627. The summed E-state index contributed by atoms with van der Waals surface area (Å²) in [7, 11) is 3.78. The van der Waals surface area contributed by atoms with E-state index >= 15 is 0 Å². The number of halogens is 2.